The van der Waals surface area contributed by atoms with Crippen LogP contribution in [0.25, 0.3) is 28.0 Å². The fraction of sp³-hybridized carbons (Fsp3) is 0.231. The maximum absolute atomic E-state index is 12.7. The van der Waals surface area contributed by atoms with Gasteiger partial charge >= 0.3 is 0 Å². The van der Waals surface area contributed by atoms with Crippen LogP contribution in [0.15, 0.2) is 91.0 Å². The molecule has 0 spiro atoms. The second kappa shape index (κ2) is 10.5. The largest absolute Gasteiger partial charge is 0.497 e. The molecule has 0 amide bonds. The Morgan fingerprint density at radius 3 is 1.98 bits per heavy atom. The molecule has 44 heavy (non-hydrogen) atoms. The number of methoxy groups -OCH3 is 2. The summed E-state index contributed by atoms with van der Waals surface area (Å²) in [5, 5.41) is 24.6. The second-order valence-electron chi connectivity index (χ2n) is 11.9. The number of hydrogen-bond donors (Lipinski definition) is 2. The summed E-state index contributed by atoms with van der Waals surface area (Å²) in [4.78, 5) is 0. The van der Waals surface area contributed by atoms with Crippen LogP contribution in [0.4, 0.5) is 0 Å². The number of benzene rings is 5. The zero-order chi connectivity index (χ0) is 30.6. The number of aliphatic hydroxyl groups excluding tert-OH is 1. The smallest absolute Gasteiger partial charge is 0.178 e. The monoisotopic (exact) mass is 584 g/mol. The van der Waals surface area contributed by atoms with Gasteiger partial charge < -0.3 is 24.4 Å². The Labute approximate surface area is 258 Å². The van der Waals surface area contributed by atoms with Crippen molar-refractivity contribution in [3.8, 4) is 28.4 Å². The van der Waals surface area contributed by atoms with Crippen molar-refractivity contribution >= 4 is 16.8 Å². The third kappa shape index (κ3) is 4.15. The lowest BCUT2D eigenvalue weighted by Crippen LogP contribution is -2.35. The normalized spacial score (nSPS) is 17.5. The Morgan fingerprint density at radius 2 is 1.36 bits per heavy atom. The lowest BCUT2D eigenvalue weighted by atomic mass is 9.79. The van der Waals surface area contributed by atoms with Gasteiger partial charge in [0.15, 0.2) is 5.60 Å². The van der Waals surface area contributed by atoms with Gasteiger partial charge in [-0.15, -0.1) is 0 Å². The molecule has 5 heteroatoms. The van der Waals surface area contributed by atoms with Crippen molar-refractivity contribution in [2.75, 3.05) is 20.8 Å². The SMILES string of the molecule is COc1ccc(C2(c3ccc(OC)cc3)C=Cc3c4c(c5ccc(C)cc5c3O2)-c2ccc(C)cc2C4(O)CCCO)cc1. The van der Waals surface area contributed by atoms with Gasteiger partial charge in [0, 0.05) is 34.2 Å². The van der Waals surface area contributed by atoms with Gasteiger partial charge in [0.25, 0.3) is 0 Å². The van der Waals surface area contributed by atoms with E-state index in [4.69, 9.17) is 14.2 Å². The summed E-state index contributed by atoms with van der Waals surface area (Å²) < 4.78 is 18.3. The van der Waals surface area contributed by atoms with E-state index in [0.717, 1.165) is 78.1 Å². The highest BCUT2D eigenvalue weighted by molar-refractivity contribution is 6.08. The quantitative estimate of drug-likeness (QED) is 0.204. The van der Waals surface area contributed by atoms with E-state index in [0.29, 0.717) is 12.8 Å². The third-order valence-corrected chi connectivity index (χ3v) is 9.24. The van der Waals surface area contributed by atoms with Crippen LogP contribution in [0.2, 0.25) is 0 Å². The van der Waals surface area contributed by atoms with E-state index in [2.05, 4.69) is 55.5 Å². The number of aliphatic hydroxyl groups is 2. The summed E-state index contributed by atoms with van der Waals surface area (Å²) in [7, 11) is 3.32. The first kappa shape index (κ1) is 28.2. The van der Waals surface area contributed by atoms with Gasteiger partial charge in [-0.25, -0.2) is 0 Å². The van der Waals surface area contributed by atoms with E-state index in [9.17, 15) is 10.2 Å². The molecule has 5 aromatic carbocycles. The van der Waals surface area contributed by atoms with Gasteiger partial charge in [-0.2, -0.15) is 0 Å². The fourth-order valence-corrected chi connectivity index (χ4v) is 7.07. The molecular weight excluding hydrogens is 548 g/mol. The van der Waals surface area contributed by atoms with Crippen molar-refractivity contribution < 1.29 is 24.4 Å². The maximum Gasteiger partial charge on any atom is 0.178 e. The number of fused-ring (bicyclic) bond motifs is 8. The van der Waals surface area contributed by atoms with Crippen molar-refractivity contribution in [1.29, 1.82) is 0 Å². The minimum absolute atomic E-state index is 0.00184. The van der Waals surface area contributed by atoms with Crippen molar-refractivity contribution in [1.82, 2.24) is 0 Å². The van der Waals surface area contributed by atoms with Crippen LogP contribution in [0.3, 0.4) is 0 Å². The molecule has 2 aliphatic rings. The van der Waals surface area contributed by atoms with Crippen molar-refractivity contribution in [2.24, 2.45) is 0 Å². The molecule has 0 saturated carbocycles. The second-order valence-corrected chi connectivity index (χ2v) is 11.9. The van der Waals surface area contributed by atoms with E-state index >= 15 is 0 Å². The first-order valence-corrected chi connectivity index (χ1v) is 15.1. The van der Waals surface area contributed by atoms with Gasteiger partial charge in [-0.1, -0.05) is 71.8 Å². The van der Waals surface area contributed by atoms with Crippen molar-refractivity contribution in [3.63, 3.8) is 0 Å². The molecule has 0 radical (unpaired) electrons. The Kier molecular flexibility index (Phi) is 6.76. The molecule has 7 rings (SSSR count). The van der Waals surface area contributed by atoms with E-state index in [1.54, 1.807) is 14.2 Å². The number of aryl methyl sites for hydroxylation is 2. The van der Waals surface area contributed by atoms with Crippen LogP contribution in [-0.4, -0.2) is 31.0 Å². The molecule has 5 aromatic rings. The minimum Gasteiger partial charge on any atom is -0.497 e. The first-order chi connectivity index (χ1) is 21.3. The highest BCUT2D eigenvalue weighted by Gasteiger charge is 2.47. The summed E-state index contributed by atoms with van der Waals surface area (Å²) in [6.45, 7) is 4.14. The molecule has 222 valence electrons. The van der Waals surface area contributed by atoms with E-state index < -0.39 is 11.2 Å². The van der Waals surface area contributed by atoms with Crippen LogP contribution in [0.1, 0.15) is 51.8 Å². The summed E-state index contributed by atoms with van der Waals surface area (Å²) in [6.07, 6.45) is 5.08. The summed E-state index contributed by atoms with van der Waals surface area (Å²) in [5.41, 5.74) is 6.50. The van der Waals surface area contributed by atoms with Crippen LogP contribution < -0.4 is 14.2 Å². The van der Waals surface area contributed by atoms with Crippen molar-refractivity contribution in [2.45, 2.75) is 37.9 Å². The Balaban J connectivity index is 1.54. The molecular formula is C39H36O5. The molecule has 1 atom stereocenters. The first-order valence-electron chi connectivity index (χ1n) is 15.1. The number of hydrogen-bond acceptors (Lipinski definition) is 5. The van der Waals surface area contributed by atoms with Crippen LogP contribution in [0, 0.1) is 13.8 Å². The molecule has 0 saturated heterocycles. The van der Waals surface area contributed by atoms with Gasteiger partial charge in [-0.3, -0.25) is 0 Å². The summed E-state index contributed by atoms with van der Waals surface area (Å²) in [5.74, 6) is 2.25. The Morgan fingerprint density at radius 1 is 0.750 bits per heavy atom. The van der Waals surface area contributed by atoms with E-state index in [1.807, 2.05) is 55.5 Å². The lowest BCUT2D eigenvalue weighted by molar-refractivity contribution is 0.0660. The predicted octanol–water partition coefficient (Wildman–Crippen LogP) is 7.81. The average Bonchev–Trinajstić information content (AvgIpc) is 3.31. The minimum atomic E-state index is -1.28. The third-order valence-electron chi connectivity index (χ3n) is 9.24. The fourth-order valence-electron chi connectivity index (χ4n) is 7.07. The van der Waals surface area contributed by atoms with Gasteiger partial charge in [0.1, 0.15) is 22.8 Å². The lowest BCUT2D eigenvalue weighted by Gasteiger charge is -2.38. The Hall–Kier alpha value is -4.58. The molecule has 1 aliphatic carbocycles. The molecule has 1 aliphatic heterocycles. The molecule has 0 aromatic heterocycles. The van der Waals surface area contributed by atoms with Gasteiger partial charge in [-0.05, 0) is 85.2 Å². The highest BCUT2D eigenvalue weighted by Crippen LogP contribution is 2.59. The topological polar surface area (TPSA) is 68.2 Å². The standard InChI is InChI=1S/C39H36O5/c1-24-6-16-30-33(22-24)37-32(36-35(30)31-17-7-25(2)23-34(31)38(36,41)19-5-21-40)18-20-39(44-37,26-8-12-28(42-3)13-9-26)27-10-14-29(43-4)15-11-27/h6-18,20,22-23,40-41H,5,19,21H2,1-4H3. The molecule has 5 nitrogen and oxygen atoms in total. The molecule has 1 heterocycles. The number of rotatable bonds is 7. The van der Waals surface area contributed by atoms with Crippen molar-refractivity contribution in [3.05, 3.63) is 130 Å². The Bertz CT molecular complexity index is 1870. The molecule has 0 fully saturated rings. The average molecular weight is 585 g/mol. The summed E-state index contributed by atoms with van der Waals surface area (Å²) in [6, 6.07) is 28.7. The van der Waals surface area contributed by atoms with Crippen LogP contribution in [-0.2, 0) is 11.2 Å². The molecule has 2 N–H and O–H groups in total. The van der Waals surface area contributed by atoms with E-state index in [1.165, 1.54) is 0 Å². The summed E-state index contributed by atoms with van der Waals surface area (Å²) >= 11 is 0. The highest BCUT2D eigenvalue weighted by atomic mass is 16.5. The van der Waals surface area contributed by atoms with Crippen LogP contribution >= 0.6 is 0 Å². The molecule has 1 unspecified atom stereocenters. The molecule has 0 bridgehead atoms. The van der Waals surface area contributed by atoms with E-state index in [-0.39, 0.29) is 6.61 Å². The zero-order valence-electron chi connectivity index (χ0n) is 25.5. The number of ether oxygens (including phenoxy) is 3. The van der Waals surface area contributed by atoms with Gasteiger partial charge in [0.2, 0.25) is 0 Å². The maximum atomic E-state index is 12.7. The van der Waals surface area contributed by atoms with Crippen LogP contribution in [0.5, 0.6) is 17.2 Å². The predicted molar refractivity (Wildman–Crippen MR) is 175 cm³/mol. The van der Waals surface area contributed by atoms with Gasteiger partial charge in [0.05, 0.1) is 14.2 Å². The zero-order valence-corrected chi connectivity index (χ0v) is 25.5.